The Morgan fingerprint density at radius 2 is 2.21 bits per heavy atom. The number of nitrogens with one attached hydrogen (secondary N) is 1. The van der Waals surface area contributed by atoms with Crippen molar-refractivity contribution in [3.8, 4) is 0 Å². The first-order valence-electron chi connectivity index (χ1n) is 6.55. The molecule has 1 aliphatic heterocycles. The Morgan fingerprint density at radius 3 is 2.79 bits per heavy atom. The second-order valence-electron chi connectivity index (χ2n) is 4.68. The van der Waals surface area contributed by atoms with Crippen molar-refractivity contribution in [2.24, 2.45) is 0 Å². The fourth-order valence-corrected chi connectivity index (χ4v) is 2.09. The lowest BCUT2D eigenvalue weighted by Crippen LogP contribution is -2.26. The molecule has 1 aromatic rings. The number of rotatable bonds is 5. The molecule has 1 unspecified atom stereocenters. The van der Waals surface area contributed by atoms with Crippen molar-refractivity contribution in [3.05, 3.63) is 24.3 Å². The first-order chi connectivity index (χ1) is 9.20. The molecule has 2 rings (SSSR count). The number of nitrogens with zero attached hydrogens (tertiary/aromatic N) is 1. The first kappa shape index (κ1) is 13.8. The van der Waals surface area contributed by atoms with Gasteiger partial charge in [-0.05, 0) is 37.1 Å². The molecule has 5 nitrogen and oxygen atoms in total. The van der Waals surface area contributed by atoms with Crippen LogP contribution < -0.4 is 10.2 Å². The fraction of sp³-hybridized carbons (Fsp3) is 0.500. The van der Waals surface area contributed by atoms with Crippen molar-refractivity contribution in [1.82, 2.24) is 0 Å². The summed E-state index contributed by atoms with van der Waals surface area (Å²) in [7, 11) is 1.91. The third kappa shape index (κ3) is 3.68. The van der Waals surface area contributed by atoms with E-state index >= 15 is 0 Å². The Kier molecular flexibility index (Phi) is 4.76. The fourth-order valence-electron chi connectivity index (χ4n) is 2.09. The molecular weight excluding hydrogens is 244 g/mol. The number of anilines is 2. The highest BCUT2D eigenvalue weighted by Crippen LogP contribution is 2.18. The van der Waals surface area contributed by atoms with E-state index in [9.17, 15) is 4.79 Å². The molecule has 1 aliphatic rings. The molecule has 1 amide bonds. The Morgan fingerprint density at radius 1 is 1.47 bits per heavy atom. The van der Waals surface area contributed by atoms with Crippen molar-refractivity contribution in [3.63, 3.8) is 0 Å². The Bertz CT molecular complexity index is 413. The number of ether oxygens (including phenoxy) is 1. The maximum Gasteiger partial charge on any atom is 0.253 e. The predicted octanol–water partition coefficient (Wildman–Crippen LogP) is 1.23. The maximum atomic E-state index is 11.9. The summed E-state index contributed by atoms with van der Waals surface area (Å²) in [4.78, 5) is 13.8. The second-order valence-corrected chi connectivity index (χ2v) is 4.68. The number of carbonyl (C=O) groups is 1. The van der Waals surface area contributed by atoms with Crippen LogP contribution in [-0.4, -0.2) is 43.9 Å². The second kappa shape index (κ2) is 6.54. The van der Waals surface area contributed by atoms with E-state index < -0.39 is 0 Å². The van der Waals surface area contributed by atoms with Crippen LogP contribution in [0.25, 0.3) is 0 Å². The summed E-state index contributed by atoms with van der Waals surface area (Å²) in [5, 5.41) is 11.7. The SMILES string of the molecule is CN(CCO)c1ccc(NC(=O)C2CCCO2)cc1. The van der Waals surface area contributed by atoms with Crippen LogP contribution in [0.15, 0.2) is 24.3 Å². The molecular formula is C14H20N2O3. The summed E-state index contributed by atoms with van der Waals surface area (Å²) in [5.74, 6) is -0.0750. The first-order valence-corrected chi connectivity index (χ1v) is 6.55. The molecule has 0 bridgehead atoms. The molecule has 0 aromatic heterocycles. The summed E-state index contributed by atoms with van der Waals surface area (Å²) in [6.45, 7) is 1.37. The van der Waals surface area contributed by atoms with Gasteiger partial charge in [0, 0.05) is 31.6 Å². The van der Waals surface area contributed by atoms with Crippen LogP contribution in [0.4, 0.5) is 11.4 Å². The Balaban J connectivity index is 1.92. The van der Waals surface area contributed by atoms with E-state index in [1.54, 1.807) is 0 Å². The van der Waals surface area contributed by atoms with Gasteiger partial charge in [-0.3, -0.25) is 4.79 Å². The van der Waals surface area contributed by atoms with E-state index in [2.05, 4.69) is 5.32 Å². The van der Waals surface area contributed by atoms with Gasteiger partial charge in [-0.25, -0.2) is 0 Å². The van der Waals surface area contributed by atoms with Crippen molar-refractivity contribution in [1.29, 1.82) is 0 Å². The van der Waals surface area contributed by atoms with Crippen LogP contribution in [0.2, 0.25) is 0 Å². The third-order valence-corrected chi connectivity index (χ3v) is 3.23. The highest BCUT2D eigenvalue weighted by atomic mass is 16.5. The number of likely N-dealkylation sites (N-methyl/N-ethyl adjacent to an activating group) is 1. The van der Waals surface area contributed by atoms with Gasteiger partial charge in [0.2, 0.25) is 0 Å². The standard InChI is InChI=1S/C14H20N2O3/c1-16(8-9-17)12-6-4-11(5-7-12)15-14(18)13-3-2-10-19-13/h4-7,13,17H,2-3,8-10H2,1H3,(H,15,18). The van der Waals surface area contributed by atoms with Crippen LogP contribution in [0.5, 0.6) is 0 Å². The van der Waals surface area contributed by atoms with E-state index in [0.29, 0.717) is 13.2 Å². The number of hydrogen-bond donors (Lipinski definition) is 2. The van der Waals surface area contributed by atoms with Gasteiger partial charge >= 0.3 is 0 Å². The van der Waals surface area contributed by atoms with E-state index in [-0.39, 0.29) is 18.6 Å². The number of aliphatic hydroxyl groups excluding tert-OH is 1. The molecule has 0 saturated carbocycles. The lowest BCUT2D eigenvalue weighted by Gasteiger charge is -2.18. The zero-order valence-electron chi connectivity index (χ0n) is 11.1. The summed E-state index contributed by atoms with van der Waals surface area (Å²) in [5.41, 5.74) is 1.77. The smallest absolute Gasteiger partial charge is 0.253 e. The minimum Gasteiger partial charge on any atom is -0.395 e. The van der Waals surface area contributed by atoms with Crippen molar-refractivity contribution in [2.75, 3.05) is 37.0 Å². The van der Waals surface area contributed by atoms with Gasteiger partial charge in [-0.15, -0.1) is 0 Å². The van der Waals surface area contributed by atoms with E-state index in [1.807, 2.05) is 36.2 Å². The van der Waals surface area contributed by atoms with Gasteiger partial charge in [0.1, 0.15) is 6.10 Å². The number of amides is 1. The molecule has 1 fully saturated rings. The molecule has 0 spiro atoms. The van der Waals surface area contributed by atoms with Gasteiger partial charge in [0.05, 0.1) is 6.61 Å². The molecule has 1 heterocycles. The van der Waals surface area contributed by atoms with Crippen LogP contribution in [0.1, 0.15) is 12.8 Å². The molecule has 19 heavy (non-hydrogen) atoms. The van der Waals surface area contributed by atoms with Crippen LogP contribution >= 0.6 is 0 Å². The normalized spacial score (nSPS) is 18.3. The molecule has 1 saturated heterocycles. The Hall–Kier alpha value is -1.59. The molecule has 0 aliphatic carbocycles. The number of benzene rings is 1. The minimum absolute atomic E-state index is 0.0750. The molecule has 1 aromatic carbocycles. The highest BCUT2D eigenvalue weighted by Gasteiger charge is 2.23. The number of hydrogen-bond acceptors (Lipinski definition) is 4. The summed E-state index contributed by atoms with van der Waals surface area (Å²) >= 11 is 0. The van der Waals surface area contributed by atoms with Gasteiger partial charge in [0.25, 0.3) is 5.91 Å². The van der Waals surface area contributed by atoms with Crippen LogP contribution in [-0.2, 0) is 9.53 Å². The van der Waals surface area contributed by atoms with Gasteiger partial charge < -0.3 is 20.1 Å². The molecule has 5 heteroatoms. The number of carbonyl (C=O) groups excluding carboxylic acids is 1. The molecule has 104 valence electrons. The summed E-state index contributed by atoms with van der Waals surface area (Å²) < 4.78 is 5.33. The number of aliphatic hydroxyl groups is 1. The zero-order chi connectivity index (χ0) is 13.7. The lowest BCUT2D eigenvalue weighted by molar-refractivity contribution is -0.124. The quantitative estimate of drug-likeness (QED) is 0.840. The monoisotopic (exact) mass is 264 g/mol. The average molecular weight is 264 g/mol. The Labute approximate surface area is 113 Å². The summed E-state index contributed by atoms with van der Waals surface area (Å²) in [6.07, 6.45) is 1.43. The van der Waals surface area contributed by atoms with E-state index in [4.69, 9.17) is 9.84 Å². The molecule has 1 atom stereocenters. The molecule has 2 N–H and O–H groups in total. The van der Waals surface area contributed by atoms with Gasteiger partial charge in [-0.1, -0.05) is 0 Å². The predicted molar refractivity (Wildman–Crippen MR) is 74.4 cm³/mol. The molecule has 0 radical (unpaired) electrons. The van der Waals surface area contributed by atoms with Crippen molar-refractivity contribution < 1.29 is 14.6 Å². The zero-order valence-corrected chi connectivity index (χ0v) is 11.1. The van der Waals surface area contributed by atoms with E-state index in [0.717, 1.165) is 24.2 Å². The lowest BCUT2D eigenvalue weighted by atomic mass is 10.2. The maximum absolute atomic E-state index is 11.9. The summed E-state index contributed by atoms with van der Waals surface area (Å²) in [6, 6.07) is 7.55. The van der Waals surface area contributed by atoms with Gasteiger partial charge in [0.15, 0.2) is 0 Å². The van der Waals surface area contributed by atoms with Crippen LogP contribution in [0, 0.1) is 0 Å². The van der Waals surface area contributed by atoms with Crippen molar-refractivity contribution >= 4 is 17.3 Å². The minimum atomic E-state index is -0.309. The topological polar surface area (TPSA) is 61.8 Å². The van der Waals surface area contributed by atoms with Crippen molar-refractivity contribution in [2.45, 2.75) is 18.9 Å². The average Bonchev–Trinajstić information content (AvgIpc) is 2.94. The van der Waals surface area contributed by atoms with E-state index in [1.165, 1.54) is 0 Å². The largest absolute Gasteiger partial charge is 0.395 e. The third-order valence-electron chi connectivity index (χ3n) is 3.23. The van der Waals surface area contributed by atoms with Gasteiger partial charge in [-0.2, -0.15) is 0 Å². The highest BCUT2D eigenvalue weighted by molar-refractivity contribution is 5.94. The van der Waals surface area contributed by atoms with Crippen LogP contribution in [0.3, 0.4) is 0 Å².